The van der Waals surface area contributed by atoms with Gasteiger partial charge in [0, 0.05) is 0 Å². The molecule has 0 aliphatic heterocycles. The summed E-state index contributed by atoms with van der Waals surface area (Å²) in [6.07, 6.45) is 0. The van der Waals surface area contributed by atoms with Gasteiger partial charge in [0.2, 0.25) is 0 Å². The van der Waals surface area contributed by atoms with Gasteiger partial charge in [0.1, 0.15) is 6.07 Å². The van der Waals surface area contributed by atoms with Gasteiger partial charge in [0.15, 0.2) is 11.5 Å². The molecule has 0 amide bonds. The number of phenols is 1. The molecule has 0 aromatic heterocycles. The molecule has 0 radical (unpaired) electrons. The Bertz CT molecular complexity index is 344. The van der Waals surface area contributed by atoms with E-state index in [1.165, 1.54) is 19.2 Å². The average Bonchev–Trinajstić information content (AvgIpc) is 2.09. The van der Waals surface area contributed by atoms with Crippen LogP contribution in [0.4, 0.5) is 0 Å². The minimum atomic E-state index is -0.196. The van der Waals surface area contributed by atoms with Gasteiger partial charge in [0.05, 0.1) is 17.7 Å². The molecule has 0 fully saturated rings. The second kappa shape index (κ2) is 3.33. The summed E-state index contributed by atoms with van der Waals surface area (Å²) in [5.41, 5.74) is 0.263. The molecular formula is C8H6ClNO2. The quantitative estimate of drug-likeness (QED) is 0.724. The van der Waals surface area contributed by atoms with Gasteiger partial charge in [0.25, 0.3) is 0 Å². The van der Waals surface area contributed by atoms with Crippen molar-refractivity contribution in [3.63, 3.8) is 0 Å². The summed E-state index contributed by atoms with van der Waals surface area (Å²) in [4.78, 5) is 0. The van der Waals surface area contributed by atoms with Gasteiger partial charge in [-0.05, 0) is 12.1 Å². The van der Waals surface area contributed by atoms with Crippen LogP contribution in [-0.4, -0.2) is 12.2 Å². The maximum Gasteiger partial charge on any atom is 0.179 e. The Morgan fingerprint density at radius 1 is 1.58 bits per heavy atom. The molecule has 1 N–H and O–H groups in total. The van der Waals surface area contributed by atoms with Crippen LogP contribution in [0.5, 0.6) is 11.5 Å². The standard InChI is InChI=1S/C8H6ClNO2/c1-12-8-5(4-10)2-3-6(9)7(8)11/h2-3,11H,1H3. The number of benzene rings is 1. The Morgan fingerprint density at radius 2 is 2.25 bits per heavy atom. The highest BCUT2D eigenvalue weighted by molar-refractivity contribution is 6.32. The van der Waals surface area contributed by atoms with Crippen LogP contribution >= 0.6 is 11.6 Å². The molecule has 1 aromatic carbocycles. The van der Waals surface area contributed by atoms with Gasteiger partial charge < -0.3 is 9.84 Å². The van der Waals surface area contributed by atoms with Gasteiger partial charge in [-0.15, -0.1) is 0 Å². The molecule has 0 saturated carbocycles. The first-order chi connectivity index (χ1) is 5.70. The van der Waals surface area contributed by atoms with Crippen LogP contribution in [0.2, 0.25) is 5.02 Å². The fourth-order valence-corrected chi connectivity index (χ4v) is 0.991. The third-order valence-corrected chi connectivity index (χ3v) is 1.71. The third-order valence-electron chi connectivity index (χ3n) is 1.41. The normalized spacial score (nSPS) is 9.08. The highest BCUT2D eigenvalue weighted by Gasteiger charge is 2.10. The Hall–Kier alpha value is -1.40. The first-order valence-electron chi connectivity index (χ1n) is 3.16. The summed E-state index contributed by atoms with van der Waals surface area (Å²) in [5, 5.41) is 18.1. The zero-order valence-electron chi connectivity index (χ0n) is 6.34. The summed E-state index contributed by atoms with van der Waals surface area (Å²) < 4.78 is 4.79. The monoisotopic (exact) mass is 183 g/mol. The third kappa shape index (κ3) is 1.29. The SMILES string of the molecule is COc1c(C#N)ccc(Cl)c1O. The molecule has 4 heteroatoms. The first-order valence-corrected chi connectivity index (χ1v) is 3.54. The van der Waals surface area contributed by atoms with E-state index in [1.54, 1.807) is 0 Å². The Kier molecular flexibility index (Phi) is 2.41. The molecule has 62 valence electrons. The second-order valence-electron chi connectivity index (χ2n) is 2.09. The van der Waals surface area contributed by atoms with Crippen molar-refractivity contribution in [1.29, 1.82) is 5.26 Å². The van der Waals surface area contributed by atoms with Crippen molar-refractivity contribution in [3.05, 3.63) is 22.7 Å². The number of hydrogen-bond donors (Lipinski definition) is 1. The smallest absolute Gasteiger partial charge is 0.179 e. The van der Waals surface area contributed by atoms with E-state index in [2.05, 4.69) is 0 Å². The van der Waals surface area contributed by atoms with Crippen LogP contribution < -0.4 is 4.74 Å². The number of methoxy groups -OCH3 is 1. The minimum Gasteiger partial charge on any atom is -0.503 e. The number of rotatable bonds is 1. The summed E-state index contributed by atoms with van der Waals surface area (Å²) in [6, 6.07) is 4.80. The van der Waals surface area contributed by atoms with E-state index in [0.29, 0.717) is 0 Å². The number of halogens is 1. The van der Waals surface area contributed by atoms with E-state index in [-0.39, 0.29) is 22.1 Å². The lowest BCUT2D eigenvalue weighted by molar-refractivity contribution is 0.372. The van der Waals surface area contributed by atoms with Crippen LogP contribution in [0.15, 0.2) is 12.1 Å². The largest absolute Gasteiger partial charge is 0.503 e. The van der Waals surface area contributed by atoms with E-state index in [1.807, 2.05) is 6.07 Å². The minimum absolute atomic E-state index is 0.116. The summed E-state index contributed by atoms with van der Waals surface area (Å²) in [6.45, 7) is 0. The molecule has 1 aromatic rings. The van der Waals surface area contributed by atoms with Crippen LogP contribution in [0.3, 0.4) is 0 Å². The number of hydrogen-bond acceptors (Lipinski definition) is 3. The van der Waals surface area contributed by atoms with E-state index < -0.39 is 0 Å². The number of nitrogens with zero attached hydrogens (tertiary/aromatic N) is 1. The van der Waals surface area contributed by atoms with Crippen molar-refractivity contribution >= 4 is 11.6 Å². The molecule has 0 bridgehead atoms. The van der Waals surface area contributed by atoms with Crippen LogP contribution in [0.1, 0.15) is 5.56 Å². The lowest BCUT2D eigenvalue weighted by Gasteiger charge is -2.05. The first kappa shape index (κ1) is 8.69. The van der Waals surface area contributed by atoms with Gasteiger partial charge in [-0.2, -0.15) is 5.26 Å². The highest BCUT2D eigenvalue weighted by Crippen LogP contribution is 2.35. The summed E-state index contributed by atoms with van der Waals surface area (Å²) in [7, 11) is 1.37. The van der Waals surface area contributed by atoms with Crippen molar-refractivity contribution in [2.45, 2.75) is 0 Å². The average molecular weight is 184 g/mol. The molecule has 12 heavy (non-hydrogen) atoms. The highest BCUT2D eigenvalue weighted by atomic mass is 35.5. The van der Waals surface area contributed by atoms with E-state index in [4.69, 9.17) is 21.6 Å². The summed E-state index contributed by atoms with van der Waals surface area (Å²) in [5.74, 6) is -0.0804. The molecule has 0 aliphatic rings. The Morgan fingerprint density at radius 3 is 2.75 bits per heavy atom. The van der Waals surface area contributed by atoms with Gasteiger partial charge in [-0.25, -0.2) is 0 Å². The zero-order chi connectivity index (χ0) is 9.14. The zero-order valence-corrected chi connectivity index (χ0v) is 7.09. The van der Waals surface area contributed by atoms with Crippen LogP contribution in [0, 0.1) is 11.3 Å². The molecule has 3 nitrogen and oxygen atoms in total. The van der Waals surface area contributed by atoms with Crippen molar-refractivity contribution in [3.8, 4) is 17.6 Å². The van der Waals surface area contributed by atoms with Gasteiger partial charge >= 0.3 is 0 Å². The van der Waals surface area contributed by atoms with Gasteiger partial charge in [-0.1, -0.05) is 11.6 Å². The van der Waals surface area contributed by atoms with Crippen LogP contribution in [-0.2, 0) is 0 Å². The van der Waals surface area contributed by atoms with Gasteiger partial charge in [-0.3, -0.25) is 0 Å². The molecule has 0 unspecified atom stereocenters. The van der Waals surface area contributed by atoms with Crippen molar-refractivity contribution in [2.24, 2.45) is 0 Å². The second-order valence-corrected chi connectivity index (χ2v) is 2.50. The molecule has 1 rings (SSSR count). The fraction of sp³-hybridized carbons (Fsp3) is 0.125. The van der Waals surface area contributed by atoms with E-state index in [0.717, 1.165) is 0 Å². The number of ether oxygens (including phenoxy) is 1. The molecule has 0 aliphatic carbocycles. The lowest BCUT2D eigenvalue weighted by atomic mass is 10.2. The Balaban J connectivity index is 3.38. The van der Waals surface area contributed by atoms with Crippen molar-refractivity contribution < 1.29 is 9.84 Å². The molecule has 0 heterocycles. The molecule has 0 spiro atoms. The molecule has 0 saturated heterocycles. The molecule has 0 atom stereocenters. The maximum absolute atomic E-state index is 9.30. The number of phenolic OH excluding ortho intramolecular Hbond substituents is 1. The topological polar surface area (TPSA) is 53.2 Å². The van der Waals surface area contributed by atoms with Crippen molar-refractivity contribution in [1.82, 2.24) is 0 Å². The van der Waals surface area contributed by atoms with E-state index >= 15 is 0 Å². The fourth-order valence-electron chi connectivity index (χ4n) is 0.842. The van der Waals surface area contributed by atoms with Crippen molar-refractivity contribution in [2.75, 3.05) is 7.11 Å². The summed E-state index contributed by atoms with van der Waals surface area (Å²) >= 11 is 5.58. The predicted molar refractivity (Wildman–Crippen MR) is 44.4 cm³/mol. The number of nitriles is 1. The lowest BCUT2D eigenvalue weighted by Crippen LogP contribution is -1.88. The van der Waals surface area contributed by atoms with E-state index in [9.17, 15) is 5.11 Å². The predicted octanol–water partition coefficient (Wildman–Crippen LogP) is 1.93. The Labute approximate surface area is 74.8 Å². The molecular weight excluding hydrogens is 178 g/mol. The van der Waals surface area contributed by atoms with Crippen LogP contribution in [0.25, 0.3) is 0 Å². The number of aromatic hydroxyl groups is 1. The maximum atomic E-state index is 9.30.